The van der Waals surface area contributed by atoms with Gasteiger partial charge in [0.15, 0.2) is 18.1 Å². The molecule has 1 fully saturated rings. The quantitative estimate of drug-likeness (QED) is 0.573. The lowest BCUT2D eigenvalue weighted by Crippen LogP contribution is -2.58. The molecule has 5 rings (SSSR count). The van der Waals surface area contributed by atoms with E-state index >= 15 is 0 Å². The maximum Gasteiger partial charge on any atom is 0.258 e. The fourth-order valence-electron chi connectivity index (χ4n) is 4.82. The summed E-state index contributed by atoms with van der Waals surface area (Å²) in [7, 11) is 4.64. The van der Waals surface area contributed by atoms with Gasteiger partial charge in [-0.25, -0.2) is 0 Å². The number of fused-ring (bicyclic) bond motifs is 9. The van der Waals surface area contributed by atoms with Gasteiger partial charge in [0.05, 0.1) is 33.3 Å². The zero-order valence-corrected chi connectivity index (χ0v) is 23.2. The van der Waals surface area contributed by atoms with E-state index in [9.17, 15) is 14.4 Å². The number of carbonyl (C=O) groups is 3. The number of benzene rings is 2. The molecule has 2 N–H and O–H groups in total. The summed E-state index contributed by atoms with van der Waals surface area (Å²) in [6.45, 7) is 1.15. The molecule has 4 bridgehead atoms. The lowest BCUT2D eigenvalue weighted by atomic mass is 10.0. The topological polar surface area (TPSA) is 125 Å². The Morgan fingerprint density at radius 1 is 1.02 bits per heavy atom. The summed E-state index contributed by atoms with van der Waals surface area (Å²) >= 11 is 0. The van der Waals surface area contributed by atoms with Gasteiger partial charge >= 0.3 is 0 Å². The van der Waals surface area contributed by atoms with Crippen LogP contribution < -0.4 is 29.6 Å². The van der Waals surface area contributed by atoms with Crippen LogP contribution in [0.25, 0.3) is 0 Å². The summed E-state index contributed by atoms with van der Waals surface area (Å²) in [5.74, 6) is 1.52. The lowest BCUT2D eigenvalue weighted by molar-refractivity contribution is -0.136. The molecule has 0 spiro atoms. The molecular weight excluding hydrogens is 518 g/mol. The second-order valence-corrected chi connectivity index (χ2v) is 9.73. The SMILES string of the molecule is COCCC(=O)N1CC[C@@H]2Oc3ccc(c(OC)c3)CNC(=O)CCc3ccc(OC)c(c3)OCC(=O)N[C@@H]2C1. The molecule has 3 amide bonds. The maximum absolute atomic E-state index is 13.1. The van der Waals surface area contributed by atoms with E-state index in [1.165, 1.54) is 7.11 Å². The fourth-order valence-corrected chi connectivity index (χ4v) is 4.82. The van der Waals surface area contributed by atoms with Gasteiger partial charge in [0.1, 0.15) is 17.6 Å². The molecule has 3 heterocycles. The normalized spacial score (nSPS) is 19.9. The predicted octanol–water partition coefficient (Wildman–Crippen LogP) is 1.85. The molecule has 40 heavy (non-hydrogen) atoms. The van der Waals surface area contributed by atoms with Crippen molar-refractivity contribution in [1.82, 2.24) is 15.5 Å². The fraction of sp³-hybridized carbons (Fsp3) is 0.483. The van der Waals surface area contributed by atoms with Crippen LogP contribution in [0.1, 0.15) is 30.4 Å². The Balaban J connectivity index is 1.60. The number of nitrogens with zero attached hydrogens (tertiary/aromatic N) is 1. The van der Waals surface area contributed by atoms with E-state index in [0.717, 1.165) is 11.1 Å². The third-order valence-corrected chi connectivity index (χ3v) is 7.02. The number of methoxy groups -OCH3 is 3. The number of nitrogens with one attached hydrogen (secondary N) is 2. The number of hydrogen-bond acceptors (Lipinski definition) is 8. The summed E-state index contributed by atoms with van der Waals surface area (Å²) in [5, 5.41) is 5.95. The predicted molar refractivity (Wildman–Crippen MR) is 146 cm³/mol. The first kappa shape index (κ1) is 29.0. The first-order valence-corrected chi connectivity index (χ1v) is 13.4. The van der Waals surface area contributed by atoms with Crippen LogP contribution in [-0.2, 0) is 32.1 Å². The highest BCUT2D eigenvalue weighted by Crippen LogP contribution is 2.30. The molecule has 11 heteroatoms. The molecule has 0 unspecified atom stereocenters. The van der Waals surface area contributed by atoms with Crippen LogP contribution >= 0.6 is 0 Å². The number of rotatable bonds is 5. The van der Waals surface area contributed by atoms with Gasteiger partial charge in [-0.3, -0.25) is 14.4 Å². The molecule has 0 aromatic heterocycles. The third kappa shape index (κ3) is 7.56. The van der Waals surface area contributed by atoms with E-state index < -0.39 is 12.1 Å². The van der Waals surface area contributed by atoms with Crippen molar-refractivity contribution in [3.8, 4) is 23.0 Å². The van der Waals surface area contributed by atoms with E-state index in [1.807, 2.05) is 18.2 Å². The van der Waals surface area contributed by atoms with Gasteiger partial charge in [-0.1, -0.05) is 6.07 Å². The largest absolute Gasteiger partial charge is 0.496 e. The Morgan fingerprint density at radius 3 is 2.62 bits per heavy atom. The number of piperidine rings is 1. The average Bonchev–Trinajstić information content (AvgIpc) is 2.97. The number of ether oxygens (including phenoxy) is 5. The number of hydrogen-bond donors (Lipinski definition) is 2. The van der Waals surface area contributed by atoms with Gasteiger partial charge in [-0.05, 0) is 36.2 Å². The van der Waals surface area contributed by atoms with Crippen LogP contribution in [0.5, 0.6) is 23.0 Å². The Kier molecular flexibility index (Phi) is 10.1. The Bertz CT molecular complexity index is 1200. The standard InChI is InChI=1S/C29H37N3O8/c1-36-13-11-29(35)32-12-10-23-22(17-32)31-28(34)18-39-26-14-19(4-8-24(26)37-2)5-9-27(33)30-16-20-6-7-21(40-23)15-25(20)38-3/h4,6-8,14-15,22-23H,5,9-13,16-18H2,1-3H3,(H,30,33)(H,31,34)/t22-,23+/m1/s1. The molecule has 0 saturated carbocycles. The lowest BCUT2D eigenvalue weighted by Gasteiger charge is -2.39. The van der Waals surface area contributed by atoms with E-state index in [2.05, 4.69) is 10.6 Å². The van der Waals surface area contributed by atoms with Gasteiger partial charge in [-0.15, -0.1) is 0 Å². The van der Waals surface area contributed by atoms with Crippen molar-refractivity contribution in [2.45, 2.75) is 44.4 Å². The highest BCUT2D eigenvalue weighted by Gasteiger charge is 2.34. The van der Waals surface area contributed by atoms with Crippen LogP contribution in [0.3, 0.4) is 0 Å². The molecule has 2 aromatic rings. The summed E-state index contributed by atoms with van der Waals surface area (Å²) in [5.41, 5.74) is 1.68. The zero-order chi connectivity index (χ0) is 28.5. The third-order valence-electron chi connectivity index (χ3n) is 7.02. The Morgan fingerprint density at radius 2 is 1.85 bits per heavy atom. The van der Waals surface area contributed by atoms with Crippen molar-refractivity contribution in [3.63, 3.8) is 0 Å². The smallest absolute Gasteiger partial charge is 0.258 e. The summed E-state index contributed by atoms with van der Waals surface area (Å²) in [6.07, 6.45) is 1.14. The molecule has 2 aromatic carbocycles. The highest BCUT2D eigenvalue weighted by atomic mass is 16.5. The van der Waals surface area contributed by atoms with Crippen molar-refractivity contribution < 1.29 is 38.1 Å². The number of amides is 3. The molecule has 3 aliphatic rings. The van der Waals surface area contributed by atoms with E-state index in [-0.39, 0.29) is 37.2 Å². The second kappa shape index (κ2) is 13.9. The number of likely N-dealkylation sites (tertiary alicyclic amines) is 1. The Labute approximate surface area is 234 Å². The molecule has 0 radical (unpaired) electrons. The van der Waals surface area contributed by atoms with Crippen molar-refractivity contribution in [3.05, 3.63) is 47.5 Å². The van der Waals surface area contributed by atoms with Gasteiger partial charge in [0.2, 0.25) is 11.8 Å². The Hall–Kier alpha value is -3.99. The molecule has 0 aliphatic carbocycles. The van der Waals surface area contributed by atoms with Crippen LogP contribution in [0.2, 0.25) is 0 Å². The van der Waals surface area contributed by atoms with Crippen LogP contribution in [0, 0.1) is 0 Å². The monoisotopic (exact) mass is 555 g/mol. The van der Waals surface area contributed by atoms with Crippen LogP contribution in [-0.4, -0.2) is 82.4 Å². The van der Waals surface area contributed by atoms with E-state index in [4.69, 9.17) is 23.7 Å². The highest BCUT2D eigenvalue weighted by molar-refractivity contribution is 5.79. The van der Waals surface area contributed by atoms with Crippen molar-refractivity contribution >= 4 is 17.7 Å². The van der Waals surface area contributed by atoms with Gasteiger partial charge in [-0.2, -0.15) is 0 Å². The minimum absolute atomic E-state index is 0.0454. The van der Waals surface area contributed by atoms with Crippen LogP contribution in [0.15, 0.2) is 36.4 Å². The minimum Gasteiger partial charge on any atom is -0.496 e. The number of aryl methyl sites for hydroxylation is 1. The van der Waals surface area contributed by atoms with Gasteiger partial charge in [0.25, 0.3) is 5.91 Å². The summed E-state index contributed by atoms with van der Waals surface area (Å²) in [4.78, 5) is 40.0. The van der Waals surface area contributed by atoms with Crippen molar-refractivity contribution in [1.29, 1.82) is 0 Å². The van der Waals surface area contributed by atoms with E-state index in [0.29, 0.717) is 62.1 Å². The zero-order valence-electron chi connectivity index (χ0n) is 23.2. The average molecular weight is 556 g/mol. The van der Waals surface area contributed by atoms with Gasteiger partial charge < -0.3 is 39.2 Å². The molecular formula is C29H37N3O8. The van der Waals surface area contributed by atoms with E-state index in [1.54, 1.807) is 37.3 Å². The van der Waals surface area contributed by atoms with Crippen molar-refractivity contribution in [2.75, 3.05) is 47.6 Å². The molecule has 3 aliphatic heterocycles. The molecule has 2 atom stereocenters. The molecule has 1 saturated heterocycles. The molecule has 216 valence electrons. The first-order valence-electron chi connectivity index (χ1n) is 13.4. The van der Waals surface area contributed by atoms with Gasteiger partial charge in [0, 0.05) is 51.2 Å². The summed E-state index contributed by atoms with van der Waals surface area (Å²) in [6, 6.07) is 10.4. The van der Waals surface area contributed by atoms with Crippen LogP contribution in [0.4, 0.5) is 0 Å². The summed E-state index contributed by atoms with van der Waals surface area (Å²) < 4.78 is 28.2. The van der Waals surface area contributed by atoms with Crippen molar-refractivity contribution in [2.24, 2.45) is 0 Å². The molecule has 11 nitrogen and oxygen atoms in total. The maximum atomic E-state index is 13.1. The number of carbonyl (C=O) groups excluding carboxylic acids is 3. The second-order valence-electron chi connectivity index (χ2n) is 9.73. The first-order chi connectivity index (χ1) is 19.4. The minimum atomic E-state index is -0.475.